The zero-order valence-electron chi connectivity index (χ0n) is 15.5. The SMILES string of the molecule is Cc1cccc(Nc2nnc(SCC(O)CN(C)Cc3ccccc3)s2)c1. The number of aryl methyl sites for hydroxylation is 1. The molecule has 0 aliphatic heterocycles. The number of likely N-dealkylation sites (N-methyl/N-ethyl adjacent to an activating group) is 1. The molecule has 7 heteroatoms. The largest absolute Gasteiger partial charge is 0.391 e. The van der Waals surface area contributed by atoms with E-state index in [2.05, 4.69) is 51.6 Å². The van der Waals surface area contributed by atoms with Crippen LogP contribution in [0.4, 0.5) is 10.8 Å². The number of aliphatic hydroxyl groups is 1. The van der Waals surface area contributed by atoms with Gasteiger partial charge in [0.05, 0.1) is 6.10 Å². The number of nitrogens with one attached hydrogen (secondary N) is 1. The average molecular weight is 401 g/mol. The molecule has 0 saturated carbocycles. The van der Waals surface area contributed by atoms with Crippen LogP contribution in [0.15, 0.2) is 58.9 Å². The second kappa shape index (κ2) is 9.85. The number of nitrogens with zero attached hydrogens (tertiary/aromatic N) is 3. The highest BCUT2D eigenvalue weighted by molar-refractivity contribution is 8.01. The van der Waals surface area contributed by atoms with E-state index in [-0.39, 0.29) is 0 Å². The molecule has 0 aliphatic rings. The monoisotopic (exact) mass is 400 g/mol. The zero-order chi connectivity index (χ0) is 19.1. The summed E-state index contributed by atoms with van der Waals surface area (Å²) in [6.07, 6.45) is -0.416. The Balaban J connectivity index is 1.43. The Hall–Kier alpha value is -1.93. The van der Waals surface area contributed by atoms with Crippen LogP contribution in [0.1, 0.15) is 11.1 Å². The number of benzene rings is 2. The van der Waals surface area contributed by atoms with Gasteiger partial charge in [0.2, 0.25) is 5.13 Å². The second-order valence-corrected chi connectivity index (χ2v) is 8.76. The summed E-state index contributed by atoms with van der Waals surface area (Å²) in [5, 5.41) is 22.7. The quantitative estimate of drug-likeness (QED) is 0.526. The Morgan fingerprint density at radius 3 is 2.74 bits per heavy atom. The van der Waals surface area contributed by atoms with E-state index in [9.17, 15) is 5.11 Å². The lowest BCUT2D eigenvalue weighted by Gasteiger charge is -2.20. The lowest BCUT2D eigenvalue weighted by atomic mass is 10.2. The smallest absolute Gasteiger partial charge is 0.210 e. The number of rotatable bonds is 9. The minimum absolute atomic E-state index is 0.416. The van der Waals surface area contributed by atoms with E-state index >= 15 is 0 Å². The third kappa shape index (κ3) is 6.62. The zero-order valence-corrected chi connectivity index (χ0v) is 17.1. The number of thioether (sulfide) groups is 1. The summed E-state index contributed by atoms with van der Waals surface area (Å²) >= 11 is 3.04. The van der Waals surface area contributed by atoms with Crippen molar-refractivity contribution in [2.24, 2.45) is 0 Å². The molecule has 0 spiro atoms. The Labute approximate surface area is 168 Å². The van der Waals surface area contributed by atoms with Gasteiger partial charge in [-0.1, -0.05) is 65.6 Å². The first kappa shape index (κ1) is 19.8. The van der Waals surface area contributed by atoms with Gasteiger partial charge >= 0.3 is 0 Å². The number of hydrogen-bond donors (Lipinski definition) is 2. The number of hydrogen-bond acceptors (Lipinski definition) is 7. The summed E-state index contributed by atoms with van der Waals surface area (Å²) in [4.78, 5) is 2.13. The third-order valence-corrected chi connectivity index (χ3v) is 6.01. The molecule has 0 aliphatic carbocycles. The summed E-state index contributed by atoms with van der Waals surface area (Å²) < 4.78 is 0.856. The molecule has 0 bridgehead atoms. The van der Waals surface area contributed by atoms with Crippen LogP contribution in [0.5, 0.6) is 0 Å². The molecule has 3 aromatic rings. The molecule has 27 heavy (non-hydrogen) atoms. The van der Waals surface area contributed by atoms with Crippen LogP contribution in [-0.2, 0) is 6.54 Å². The number of anilines is 2. The van der Waals surface area contributed by atoms with Gasteiger partial charge < -0.3 is 10.4 Å². The van der Waals surface area contributed by atoms with E-state index in [1.165, 1.54) is 34.2 Å². The Morgan fingerprint density at radius 1 is 1.15 bits per heavy atom. The summed E-state index contributed by atoms with van der Waals surface area (Å²) in [7, 11) is 2.02. The van der Waals surface area contributed by atoms with Crippen molar-refractivity contribution in [3.8, 4) is 0 Å². The summed E-state index contributed by atoms with van der Waals surface area (Å²) in [5.74, 6) is 0.595. The van der Waals surface area contributed by atoms with Crippen molar-refractivity contribution in [3.05, 3.63) is 65.7 Å². The van der Waals surface area contributed by atoms with Gasteiger partial charge in [0.25, 0.3) is 0 Å². The first-order valence-corrected chi connectivity index (χ1v) is 10.6. The van der Waals surface area contributed by atoms with Gasteiger partial charge in [0.1, 0.15) is 0 Å². The highest BCUT2D eigenvalue weighted by atomic mass is 32.2. The van der Waals surface area contributed by atoms with Gasteiger partial charge in [0, 0.05) is 24.5 Å². The molecule has 0 amide bonds. The Kier molecular flexibility index (Phi) is 7.23. The molecule has 142 valence electrons. The molecule has 1 heterocycles. The predicted molar refractivity (Wildman–Crippen MR) is 114 cm³/mol. The van der Waals surface area contributed by atoms with Gasteiger partial charge in [-0.05, 0) is 37.2 Å². The Bertz CT molecular complexity index is 841. The van der Waals surface area contributed by atoms with E-state index < -0.39 is 6.10 Å². The molecule has 0 fully saturated rings. The summed E-state index contributed by atoms with van der Waals surface area (Å²) in [6.45, 7) is 3.50. The third-order valence-electron chi connectivity index (χ3n) is 3.89. The van der Waals surface area contributed by atoms with Crippen molar-refractivity contribution in [3.63, 3.8) is 0 Å². The molecule has 3 rings (SSSR count). The highest BCUT2D eigenvalue weighted by Gasteiger charge is 2.12. The fourth-order valence-electron chi connectivity index (χ4n) is 2.70. The van der Waals surface area contributed by atoms with Gasteiger partial charge in [-0.2, -0.15) is 0 Å². The lowest BCUT2D eigenvalue weighted by molar-refractivity contribution is 0.142. The Morgan fingerprint density at radius 2 is 1.96 bits per heavy atom. The van der Waals surface area contributed by atoms with Crippen molar-refractivity contribution in [2.75, 3.05) is 24.7 Å². The normalized spacial score (nSPS) is 12.3. The number of aliphatic hydroxyl groups excluding tert-OH is 1. The molecule has 5 nitrogen and oxygen atoms in total. The van der Waals surface area contributed by atoms with Gasteiger partial charge in [0.15, 0.2) is 4.34 Å². The van der Waals surface area contributed by atoms with Crippen molar-refractivity contribution in [2.45, 2.75) is 23.9 Å². The van der Waals surface area contributed by atoms with E-state index in [0.29, 0.717) is 12.3 Å². The summed E-state index contributed by atoms with van der Waals surface area (Å²) in [6, 6.07) is 18.4. The maximum absolute atomic E-state index is 10.3. The van der Waals surface area contributed by atoms with Crippen LogP contribution in [0.25, 0.3) is 0 Å². The highest BCUT2D eigenvalue weighted by Crippen LogP contribution is 2.28. The maximum atomic E-state index is 10.3. The lowest BCUT2D eigenvalue weighted by Crippen LogP contribution is -2.30. The van der Waals surface area contributed by atoms with Crippen molar-refractivity contribution in [1.29, 1.82) is 0 Å². The molecule has 2 N–H and O–H groups in total. The fourth-order valence-corrected chi connectivity index (χ4v) is 4.42. The molecule has 1 aromatic heterocycles. The molecule has 0 saturated heterocycles. The van der Waals surface area contributed by atoms with Crippen molar-refractivity contribution < 1.29 is 5.11 Å². The topological polar surface area (TPSA) is 61.3 Å². The number of aromatic nitrogens is 2. The maximum Gasteiger partial charge on any atom is 0.210 e. The standard InChI is InChI=1S/C20H24N4OS2/c1-15-7-6-10-17(11-15)21-19-22-23-20(27-19)26-14-18(25)13-24(2)12-16-8-4-3-5-9-16/h3-11,18,25H,12-14H2,1-2H3,(H,21,22). The van der Waals surface area contributed by atoms with Gasteiger partial charge in [-0.25, -0.2) is 0 Å². The molecule has 1 atom stereocenters. The minimum Gasteiger partial charge on any atom is -0.391 e. The molecular weight excluding hydrogens is 376 g/mol. The minimum atomic E-state index is -0.416. The summed E-state index contributed by atoms with van der Waals surface area (Å²) in [5.41, 5.74) is 3.45. The van der Waals surface area contributed by atoms with E-state index in [1.807, 2.05) is 37.4 Å². The second-order valence-electron chi connectivity index (χ2n) is 6.51. The average Bonchev–Trinajstić information content (AvgIpc) is 3.08. The van der Waals surface area contributed by atoms with Gasteiger partial charge in [-0.3, -0.25) is 4.90 Å². The van der Waals surface area contributed by atoms with Gasteiger partial charge in [-0.15, -0.1) is 10.2 Å². The molecule has 1 unspecified atom stereocenters. The van der Waals surface area contributed by atoms with Crippen LogP contribution >= 0.6 is 23.1 Å². The van der Waals surface area contributed by atoms with Crippen molar-refractivity contribution >= 4 is 33.9 Å². The van der Waals surface area contributed by atoms with Crippen molar-refractivity contribution in [1.82, 2.24) is 15.1 Å². The molecular formula is C20H24N4OS2. The van der Waals surface area contributed by atoms with E-state index in [0.717, 1.165) is 21.7 Å². The van der Waals surface area contributed by atoms with E-state index in [1.54, 1.807) is 0 Å². The fraction of sp³-hybridized carbons (Fsp3) is 0.300. The van der Waals surface area contributed by atoms with E-state index in [4.69, 9.17) is 0 Å². The van der Waals surface area contributed by atoms with Crippen LogP contribution in [0, 0.1) is 6.92 Å². The van der Waals surface area contributed by atoms with Crippen LogP contribution < -0.4 is 5.32 Å². The van der Waals surface area contributed by atoms with Crippen LogP contribution in [0.3, 0.4) is 0 Å². The molecule has 2 aromatic carbocycles. The first-order chi connectivity index (χ1) is 13.1. The van der Waals surface area contributed by atoms with Crippen LogP contribution in [-0.4, -0.2) is 45.7 Å². The predicted octanol–water partition coefficient (Wildman–Crippen LogP) is 4.18. The van der Waals surface area contributed by atoms with Crippen LogP contribution in [0.2, 0.25) is 0 Å². The first-order valence-electron chi connectivity index (χ1n) is 8.79. The molecule has 0 radical (unpaired) electrons.